The molecule has 0 spiro atoms. The van der Waals surface area contributed by atoms with Crippen LogP contribution in [0.2, 0.25) is 0 Å². The van der Waals surface area contributed by atoms with Gasteiger partial charge in [0.2, 0.25) is 0 Å². The molecule has 2 N–H and O–H groups in total. The lowest BCUT2D eigenvalue weighted by molar-refractivity contribution is -0.139. The van der Waals surface area contributed by atoms with Crippen LogP contribution in [-0.2, 0) is 4.79 Å². The molecule has 0 aromatic heterocycles. The molecular weight excluding hydrogens is 284 g/mol. The minimum Gasteiger partial charge on any atom is -0.480 e. The molecule has 1 unspecified atom stereocenters. The van der Waals surface area contributed by atoms with Crippen molar-refractivity contribution in [2.75, 3.05) is 31.1 Å². The zero-order chi connectivity index (χ0) is 14.8. The van der Waals surface area contributed by atoms with Gasteiger partial charge in [0.25, 0.3) is 0 Å². The van der Waals surface area contributed by atoms with Crippen molar-refractivity contribution in [3.8, 4) is 0 Å². The summed E-state index contributed by atoms with van der Waals surface area (Å²) >= 11 is 3.30. The summed E-state index contributed by atoms with van der Waals surface area (Å²) in [7, 11) is 1.70. The monoisotopic (exact) mass is 308 g/mol. The quantitative estimate of drug-likeness (QED) is 0.681. The van der Waals surface area contributed by atoms with Crippen LogP contribution in [0.15, 0.2) is 0 Å². The van der Waals surface area contributed by atoms with E-state index in [1.165, 1.54) is 0 Å². The summed E-state index contributed by atoms with van der Waals surface area (Å²) in [5, 5.41) is 11.6. The fourth-order valence-electron chi connectivity index (χ4n) is 1.43. The topological polar surface area (TPSA) is 69.6 Å². The first-order valence-electron chi connectivity index (χ1n) is 6.18. The number of thioether (sulfide) groups is 2. The number of nitrogens with one attached hydrogen (secondary N) is 1. The van der Waals surface area contributed by atoms with E-state index in [9.17, 15) is 9.59 Å². The minimum atomic E-state index is -0.979. The number of carboxylic acids is 1. The third kappa shape index (κ3) is 7.57. The number of hydrogen-bond donors (Lipinski definition) is 2. The number of rotatable bonds is 9. The Hall–Kier alpha value is -0.560. The van der Waals surface area contributed by atoms with Gasteiger partial charge in [-0.3, -0.25) is 0 Å². The van der Waals surface area contributed by atoms with Crippen LogP contribution in [0.25, 0.3) is 0 Å². The molecular formula is C12H24N2O3S2. The van der Waals surface area contributed by atoms with E-state index in [4.69, 9.17) is 5.11 Å². The Morgan fingerprint density at radius 3 is 2.21 bits per heavy atom. The second kappa shape index (κ2) is 10.3. The van der Waals surface area contributed by atoms with Crippen LogP contribution in [0.1, 0.15) is 19.8 Å². The van der Waals surface area contributed by atoms with Crippen LogP contribution in [0.4, 0.5) is 4.79 Å². The maximum atomic E-state index is 12.0. The van der Waals surface area contributed by atoms with Crippen molar-refractivity contribution in [1.82, 2.24) is 10.2 Å². The van der Waals surface area contributed by atoms with E-state index < -0.39 is 12.0 Å². The Morgan fingerprint density at radius 2 is 1.74 bits per heavy atom. The zero-order valence-electron chi connectivity index (χ0n) is 12.0. The lowest BCUT2D eigenvalue weighted by Gasteiger charge is -2.26. The van der Waals surface area contributed by atoms with Crippen molar-refractivity contribution in [1.29, 1.82) is 0 Å². The van der Waals surface area contributed by atoms with Gasteiger partial charge in [-0.1, -0.05) is 0 Å². The Morgan fingerprint density at radius 1 is 1.21 bits per heavy atom. The standard InChI is InChI=1S/C12H24N2O3S2/c1-9(5-7-18-3)14(2)12(17)13-10(11(15)16)6-8-19-4/h9-10H,5-8H2,1-4H3,(H,13,17)(H,15,16)/t9?,10-/m1/s1. The van der Waals surface area contributed by atoms with Gasteiger partial charge in [-0.05, 0) is 43.8 Å². The minimum absolute atomic E-state index is 0.0995. The van der Waals surface area contributed by atoms with Gasteiger partial charge >= 0.3 is 12.0 Å². The number of hydrogen-bond acceptors (Lipinski definition) is 4. The summed E-state index contributed by atoms with van der Waals surface area (Å²) in [5.41, 5.74) is 0. The molecule has 0 saturated carbocycles. The maximum absolute atomic E-state index is 12.0. The number of carbonyl (C=O) groups excluding carboxylic acids is 1. The highest BCUT2D eigenvalue weighted by Gasteiger charge is 2.23. The van der Waals surface area contributed by atoms with E-state index in [0.717, 1.165) is 12.2 Å². The number of nitrogens with zero attached hydrogens (tertiary/aromatic N) is 1. The zero-order valence-corrected chi connectivity index (χ0v) is 13.6. The summed E-state index contributed by atoms with van der Waals surface area (Å²) in [5.74, 6) is 0.712. The van der Waals surface area contributed by atoms with Gasteiger partial charge in [0.1, 0.15) is 6.04 Å². The average Bonchev–Trinajstić information content (AvgIpc) is 2.39. The van der Waals surface area contributed by atoms with Crippen LogP contribution >= 0.6 is 23.5 Å². The Bertz CT molecular complexity index is 290. The summed E-state index contributed by atoms with van der Waals surface area (Å²) in [4.78, 5) is 24.6. The number of carboxylic acid groups (broad SMARTS) is 1. The lowest BCUT2D eigenvalue weighted by atomic mass is 10.2. The van der Waals surface area contributed by atoms with Crippen molar-refractivity contribution in [3.63, 3.8) is 0 Å². The summed E-state index contributed by atoms with van der Waals surface area (Å²) in [6.07, 6.45) is 5.27. The fraction of sp³-hybridized carbons (Fsp3) is 0.833. The fourth-order valence-corrected chi connectivity index (χ4v) is 2.47. The van der Waals surface area contributed by atoms with Crippen LogP contribution in [0.3, 0.4) is 0 Å². The van der Waals surface area contributed by atoms with Crippen molar-refractivity contribution < 1.29 is 14.7 Å². The average molecular weight is 308 g/mol. The molecule has 0 aliphatic heterocycles. The first-order chi connectivity index (χ1) is 8.93. The summed E-state index contributed by atoms with van der Waals surface area (Å²) in [6, 6.07) is -1.03. The molecule has 0 aromatic rings. The number of carbonyl (C=O) groups is 2. The molecule has 0 aliphatic carbocycles. The van der Waals surface area contributed by atoms with Gasteiger partial charge in [0.05, 0.1) is 0 Å². The van der Waals surface area contributed by atoms with Crippen LogP contribution in [-0.4, -0.2) is 65.2 Å². The molecule has 0 bridgehead atoms. The van der Waals surface area contributed by atoms with E-state index in [1.807, 2.05) is 19.4 Å². The molecule has 5 nitrogen and oxygen atoms in total. The Kier molecular flexibility index (Phi) is 9.95. The van der Waals surface area contributed by atoms with Gasteiger partial charge in [-0.15, -0.1) is 0 Å². The van der Waals surface area contributed by atoms with E-state index in [1.54, 1.807) is 35.5 Å². The molecule has 0 fully saturated rings. The third-order valence-corrected chi connectivity index (χ3v) is 4.22. The predicted octanol–water partition coefficient (Wildman–Crippen LogP) is 1.98. The molecule has 2 atom stereocenters. The number of urea groups is 1. The molecule has 7 heteroatoms. The third-order valence-electron chi connectivity index (χ3n) is 2.93. The molecule has 19 heavy (non-hydrogen) atoms. The van der Waals surface area contributed by atoms with E-state index in [0.29, 0.717) is 12.2 Å². The highest BCUT2D eigenvalue weighted by molar-refractivity contribution is 7.98. The summed E-state index contributed by atoms with van der Waals surface area (Å²) in [6.45, 7) is 1.97. The van der Waals surface area contributed by atoms with Crippen molar-refractivity contribution >= 4 is 35.5 Å². The van der Waals surface area contributed by atoms with Gasteiger partial charge in [0, 0.05) is 13.1 Å². The molecule has 0 aromatic carbocycles. The molecule has 112 valence electrons. The Labute approximate surface area is 123 Å². The molecule has 0 saturated heterocycles. The molecule has 0 radical (unpaired) electrons. The van der Waals surface area contributed by atoms with E-state index in [2.05, 4.69) is 5.32 Å². The first kappa shape index (κ1) is 18.4. The van der Waals surface area contributed by atoms with Crippen LogP contribution < -0.4 is 5.32 Å². The number of aliphatic carboxylic acids is 1. The van der Waals surface area contributed by atoms with Crippen LogP contribution in [0.5, 0.6) is 0 Å². The molecule has 0 heterocycles. The SMILES string of the molecule is CSCCC(C)N(C)C(=O)N[C@H](CCSC)C(=O)O. The van der Waals surface area contributed by atoms with Gasteiger partial charge in [-0.25, -0.2) is 9.59 Å². The van der Waals surface area contributed by atoms with Crippen molar-refractivity contribution in [3.05, 3.63) is 0 Å². The molecule has 0 aliphatic rings. The first-order valence-corrected chi connectivity index (χ1v) is 8.96. The second-order valence-electron chi connectivity index (χ2n) is 4.36. The van der Waals surface area contributed by atoms with Crippen molar-refractivity contribution in [2.24, 2.45) is 0 Å². The highest BCUT2D eigenvalue weighted by Crippen LogP contribution is 2.07. The number of amides is 2. The highest BCUT2D eigenvalue weighted by atomic mass is 32.2. The van der Waals surface area contributed by atoms with Gasteiger partial charge in [-0.2, -0.15) is 23.5 Å². The predicted molar refractivity (Wildman–Crippen MR) is 83.2 cm³/mol. The summed E-state index contributed by atoms with van der Waals surface area (Å²) < 4.78 is 0. The Balaban J connectivity index is 4.33. The van der Waals surface area contributed by atoms with E-state index >= 15 is 0 Å². The molecule has 2 amide bonds. The lowest BCUT2D eigenvalue weighted by Crippen LogP contribution is -2.49. The van der Waals surface area contributed by atoms with Gasteiger partial charge in [0.15, 0.2) is 0 Å². The van der Waals surface area contributed by atoms with E-state index in [-0.39, 0.29) is 12.1 Å². The smallest absolute Gasteiger partial charge is 0.326 e. The van der Waals surface area contributed by atoms with Crippen molar-refractivity contribution in [2.45, 2.75) is 31.8 Å². The largest absolute Gasteiger partial charge is 0.480 e. The van der Waals surface area contributed by atoms with Crippen LogP contribution in [0, 0.1) is 0 Å². The van der Waals surface area contributed by atoms with Gasteiger partial charge < -0.3 is 15.3 Å². The molecule has 0 rings (SSSR count). The normalized spacial score (nSPS) is 13.7. The maximum Gasteiger partial charge on any atom is 0.326 e. The second-order valence-corrected chi connectivity index (χ2v) is 6.33.